The van der Waals surface area contributed by atoms with Crippen LogP contribution in [0.1, 0.15) is 19.8 Å². The van der Waals surface area contributed by atoms with Gasteiger partial charge in [-0.3, -0.25) is 28.4 Å². The third-order valence-corrected chi connectivity index (χ3v) is 6.60. The lowest BCUT2D eigenvalue weighted by molar-refractivity contribution is -0.133. The van der Waals surface area contributed by atoms with E-state index in [2.05, 4.69) is 0 Å². The van der Waals surface area contributed by atoms with Gasteiger partial charge in [-0.2, -0.15) is 0 Å². The lowest BCUT2D eigenvalue weighted by atomic mass is 10.1. The lowest BCUT2D eigenvalue weighted by Gasteiger charge is -2.35. The van der Waals surface area contributed by atoms with Crippen molar-refractivity contribution in [3.05, 3.63) is 50.1 Å². The van der Waals surface area contributed by atoms with Gasteiger partial charge in [0, 0.05) is 51.4 Å². The van der Waals surface area contributed by atoms with E-state index in [1.165, 1.54) is 22.6 Å². The minimum atomic E-state index is -0.650. The SMILES string of the molecule is CCC1Oc2ccc(Cl)cc2N(CC(=O)N2CCCN(c3cc(=O)n(C)c(=O)n3C)CC2)C1=O. The standard InChI is InChI=1S/C23H28ClN5O5/c1-4-17-22(32)29(16-12-15(24)6-7-18(16)34-17)14-21(31)28-9-5-8-27(10-11-28)19-13-20(30)26(3)23(33)25(19)2/h6-7,12-13,17H,4-5,8-11,14H2,1-3H3. The zero-order chi connectivity index (χ0) is 24.6. The molecule has 34 heavy (non-hydrogen) atoms. The fourth-order valence-electron chi connectivity index (χ4n) is 4.37. The van der Waals surface area contributed by atoms with E-state index >= 15 is 0 Å². The van der Waals surface area contributed by atoms with Crippen molar-refractivity contribution in [3.8, 4) is 5.75 Å². The third kappa shape index (κ3) is 4.42. The Morgan fingerprint density at radius 1 is 1.06 bits per heavy atom. The number of amides is 2. The first-order chi connectivity index (χ1) is 16.2. The Hall–Kier alpha value is -3.27. The Labute approximate surface area is 201 Å². The van der Waals surface area contributed by atoms with Crippen LogP contribution in [0.2, 0.25) is 5.02 Å². The number of aromatic nitrogens is 2. The molecule has 1 unspecified atom stereocenters. The molecule has 2 amide bonds. The highest BCUT2D eigenvalue weighted by Crippen LogP contribution is 2.36. The van der Waals surface area contributed by atoms with Crippen molar-refractivity contribution in [3.63, 3.8) is 0 Å². The Balaban J connectivity index is 1.51. The van der Waals surface area contributed by atoms with Gasteiger partial charge in [-0.1, -0.05) is 18.5 Å². The van der Waals surface area contributed by atoms with Gasteiger partial charge in [0.1, 0.15) is 18.1 Å². The number of rotatable bonds is 4. The van der Waals surface area contributed by atoms with Gasteiger partial charge in [0.25, 0.3) is 11.5 Å². The maximum Gasteiger partial charge on any atom is 0.332 e. The maximum atomic E-state index is 13.2. The number of halogens is 1. The third-order valence-electron chi connectivity index (χ3n) is 6.36. The molecule has 2 aliphatic rings. The van der Waals surface area contributed by atoms with E-state index in [4.69, 9.17) is 16.3 Å². The molecule has 3 heterocycles. The Kier molecular flexibility index (Phi) is 6.70. The molecule has 0 aliphatic carbocycles. The largest absolute Gasteiger partial charge is 0.478 e. The van der Waals surface area contributed by atoms with Gasteiger partial charge in [0.15, 0.2) is 6.10 Å². The van der Waals surface area contributed by atoms with E-state index in [-0.39, 0.29) is 23.9 Å². The van der Waals surface area contributed by atoms with Gasteiger partial charge in [-0.25, -0.2) is 4.79 Å². The molecule has 1 aromatic carbocycles. The second kappa shape index (κ2) is 9.54. The van der Waals surface area contributed by atoms with Gasteiger partial charge in [-0.05, 0) is 31.0 Å². The molecule has 0 bridgehead atoms. The summed E-state index contributed by atoms with van der Waals surface area (Å²) in [4.78, 5) is 55.8. The number of nitrogens with zero attached hydrogens (tertiary/aromatic N) is 5. The highest BCUT2D eigenvalue weighted by molar-refractivity contribution is 6.31. The maximum absolute atomic E-state index is 13.2. The zero-order valence-electron chi connectivity index (χ0n) is 19.5. The number of carbonyl (C=O) groups excluding carboxylic acids is 2. The van der Waals surface area contributed by atoms with Crippen LogP contribution in [0, 0.1) is 0 Å². The van der Waals surface area contributed by atoms with Crippen LogP contribution in [0.25, 0.3) is 0 Å². The summed E-state index contributed by atoms with van der Waals surface area (Å²) in [7, 11) is 3.07. The molecule has 1 aromatic heterocycles. The molecule has 4 rings (SSSR count). The highest BCUT2D eigenvalue weighted by atomic mass is 35.5. The lowest BCUT2D eigenvalue weighted by Crippen LogP contribution is -2.50. The zero-order valence-corrected chi connectivity index (χ0v) is 20.2. The van der Waals surface area contributed by atoms with E-state index in [1.54, 1.807) is 30.1 Å². The molecule has 0 radical (unpaired) electrons. The molecule has 2 aliphatic heterocycles. The molecule has 0 saturated carbocycles. The monoisotopic (exact) mass is 489 g/mol. The number of fused-ring (bicyclic) bond motifs is 1. The van der Waals surface area contributed by atoms with Crippen LogP contribution >= 0.6 is 11.6 Å². The van der Waals surface area contributed by atoms with Crippen LogP contribution in [-0.2, 0) is 23.7 Å². The molecule has 1 fully saturated rings. The van der Waals surface area contributed by atoms with E-state index < -0.39 is 11.8 Å². The van der Waals surface area contributed by atoms with Crippen LogP contribution < -0.4 is 25.8 Å². The van der Waals surface area contributed by atoms with Gasteiger partial charge in [0.2, 0.25) is 5.91 Å². The van der Waals surface area contributed by atoms with E-state index in [0.29, 0.717) is 61.3 Å². The molecule has 1 atom stereocenters. The van der Waals surface area contributed by atoms with Crippen LogP contribution in [-0.4, -0.2) is 64.7 Å². The van der Waals surface area contributed by atoms with Crippen molar-refractivity contribution >= 4 is 34.9 Å². The fourth-order valence-corrected chi connectivity index (χ4v) is 4.54. The molecule has 0 spiro atoms. The number of ether oxygens (including phenoxy) is 1. The van der Waals surface area contributed by atoms with Crippen molar-refractivity contribution in [1.82, 2.24) is 14.0 Å². The van der Waals surface area contributed by atoms with Gasteiger partial charge >= 0.3 is 5.69 Å². The van der Waals surface area contributed by atoms with Crippen molar-refractivity contribution in [2.75, 3.05) is 42.5 Å². The number of benzene rings is 1. The molecule has 11 heteroatoms. The summed E-state index contributed by atoms with van der Waals surface area (Å²) in [5.41, 5.74) is -0.278. The van der Waals surface area contributed by atoms with Crippen molar-refractivity contribution in [2.24, 2.45) is 14.1 Å². The Morgan fingerprint density at radius 3 is 2.56 bits per heavy atom. The number of anilines is 2. The first-order valence-electron chi connectivity index (χ1n) is 11.3. The molecule has 10 nitrogen and oxygen atoms in total. The predicted octanol–water partition coefficient (Wildman–Crippen LogP) is 0.980. The molecule has 182 valence electrons. The molecule has 0 N–H and O–H groups in total. The van der Waals surface area contributed by atoms with Crippen LogP contribution in [0.4, 0.5) is 11.5 Å². The van der Waals surface area contributed by atoms with Crippen molar-refractivity contribution in [1.29, 1.82) is 0 Å². The van der Waals surface area contributed by atoms with E-state index in [1.807, 2.05) is 11.8 Å². The number of hydrogen-bond donors (Lipinski definition) is 0. The first kappa shape index (κ1) is 23.9. The average Bonchev–Trinajstić information content (AvgIpc) is 3.08. The topological polar surface area (TPSA) is 97.1 Å². The summed E-state index contributed by atoms with van der Waals surface area (Å²) < 4.78 is 8.29. The summed E-state index contributed by atoms with van der Waals surface area (Å²) in [5.74, 6) is 0.602. The van der Waals surface area contributed by atoms with E-state index in [0.717, 1.165) is 4.57 Å². The van der Waals surface area contributed by atoms with Crippen LogP contribution in [0.15, 0.2) is 33.9 Å². The summed E-state index contributed by atoms with van der Waals surface area (Å²) in [6.07, 6.45) is 0.495. The Morgan fingerprint density at radius 2 is 1.82 bits per heavy atom. The van der Waals surface area contributed by atoms with Gasteiger partial charge in [0.05, 0.1) is 5.69 Å². The smallest absolute Gasteiger partial charge is 0.332 e. The fraction of sp³-hybridized carbons (Fsp3) is 0.478. The van der Waals surface area contributed by atoms with Crippen LogP contribution in [0.5, 0.6) is 5.75 Å². The molecular weight excluding hydrogens is 462 g/mol. The predicted molar refractivity (Wildman–Crippen MR) is 129 cm³/mol. The quantitative estimate of drug-likeness (QED) is 0.635. The second-order valence-corrected chi connectivity index (χ2v) is 8.95. The number of hydrogen-bond acceptors (Lipinski definition) is 6. The molecule has 1 saturated heterocycles. The first-order valence-corrected chi connectivity index (χ1v) is 11.7. The van der Waals surface area contributed by atoms with Crippen LogP contribution in [0.3, 0.4) is 0 Å². The van der Waals surface area contributed by atoms with Gasteiger partial charge < -0.3 is 14.5 Å². The highest BCUT2D eigenvalue weighted by Gasteiger charge is 2.35. The summed E-state index contributed by atoms with van der Waals surface area (Å²) in [6, 6.07) is 6.48. The van der Waals surface area contributed by atoms with Crippen molar-refractivity contribution < 1.29 is 14.3 Å². The molecular formula is C23H28ClN5O5. The summed E-state index contributed by atoms with van der Waals surface area (Å²) in [5, 5.41) is 0.451. The van der Waals surface area contributed by atoms with Crippen molar-refractivity contribution in [2.45, 2.75) is 25.9 Å². The average molecular weight is 490 g/mol. The van der Waals surface area contributed by atoms with Gasteiger partial charge in [-0.15, -0.1) is 0 Å². The normalized spacial score (nSPS) is 18.4. The minimum Gasteiger partial charge on any atom is -0.478 e. The minimum absolute atomic E-state index is 0.115. The summed E-state index contributed by atoms with van der Waals surface area (Å²) in [6.45, 7) is 3.71. The Bertz CT molecular complexity index is 1240. The number of carbonyl (C=O) groups is 2. The van der Waals surface area contributed by atoms with E-state index in [9.17, 15) is 19.2 Å². The molecule has 2 aromatic rings. The second-order valence-electron chi connectivity index (χ2n) is 8.51. The summed E-state index contributed by atoms with van der Waals surface area (Å²) >= 11 is 6.14.